The predicted molar refractivity (Wildman–Crippen MR) is 84.7 cm³/mol. The van der Waals surface area contributed by atoms with E-state index >= 15 is 0 Å². The molecule has 1 saturated carbocycles. The van der Waals surface area contributed by atoms with Crippen LogP contribution in [-0.2, 0) is 10.6 Å². The average molecular weight is 308 g/mol. The summed E-state index contributed by atoms with van der Waals surface area (Å²) in [6, 6.07) is 2.33. The second kappa shape index (κ2) is 5.25. The third-order valence-electron chi connectivity index (χ3n) is 4.78. The van der Waals surface area contributed by atoms with E-state index < -0.39 is 0 Å². The van der Waals surface area contributed by atoms with Gasteiger partial charge in [-0.3, -0.25) is 0 Å². The van der Waals surface area contributed by atoms with Gasteiger partial charge in [0.25, 0.3) is 0 Å². The first kappa shape index (κ1) is 14.8. The number of pyridine rings is 1. The zero-order valence-corrected chi connectivity index (χ0v) is 13.8. The lowest BCUT2D eigenvalue weighted by Gasteiger charge is -2.52. The SMILES string of the molecule is CCOC1CC(n2c(CCl)nc3c(C)ccnc32)C1(C)C. The quantitative estimate of drug-likeness (QED) is 0.805. The molecule has 0 spiro atoms. The van der Waals surface area contributed by atoms with E-state index in [-0.39, 0.29) is 11.5 Å². The maximum atomic E-state index is 6.13. The van der Waals surface area contributed by atoms with E-state index in [2.05, 4.69) is 30.3 Å². The summed E-state index contributed by atoms with van der Waals surface area (Å²) in [7, 11) is 0. The molecule has 1 fully saturated rings. The Morgan fingerprint density at radius 3 is 2.86 bits per heavy atom. The zero-order chi connectivity index (χ0) is 15.2. The molecule has 0 N–H and O–H groups in total. The van der Waals surface area contributed by atoms with E-state index in [1.165, 1.54) is 0 Å². The van der Waals surface area contributed by atoms with Crippen LogP contribution in [-0.4, -0.2) is 27.2 Å². The Labute approximate surface area is 130 Å². The fraction of sp³-hybridized carbons (Fsp3) is 0.625. The summed E-state index contributed by atoms with van der Waals surface area (Å²) >= 11 is 6.13. The third kappa shape index (κ3) is 2.16. The number of ether oxygens (including phenoxy) is 1. The van der Waals surface area contributed by atoms with E-state index in [1.807, 2.05) is 19.2 Å². The number of alkyl halides is 1. The fourth-order valence-corrected chi connectivity index (χ4v) is 3.55. The standard InChI is InChI=1S/C16H22ClN3O/c1-5-21-12-8-11(16(12,3)4)20-13(9-17)19-14-10(2)6-7-18-15(14)20/h6-7,11-12H,5,8-9H2,1-4H3. The highest BCUT2D eigenvalue weighted by atomic mass is 35.5. The summed E-state index contributed by atoms with van der Waals surface area (Å²) in [5.41, 5.74) is 3.11. The molecule has 2 atom stereocenters. The van der Waals surface area contributed by atoms with Crippen LogP contribution < -0.4 is 0 Å². The molecule has 0 radical (unpaired) electrons. The number of halogens is 1. The van der Waals surface area contributed by atoms with Gasteiger partial charge < -0.3 is 9.30 Å². The summed E-state index contributed by atoms with van der Waals surface area (Å²) in [6.45, 7) is 9.37. The van der Waals surface area contributed by atoms with E-state index in [1.54, 1.807) is 0 Å². The van der Waals surface area contributed by atoms with Crippen molar-refractivity contribution in [1.29, 1.82) is 0 Å². The molecule has 3 rings (SSSR count). The van der Waals surface area contributed by atoms with Crippen molar-refractivity contribution in [3.05, 3.63) is 23.7 Å². The molecule has 2 aromatic heterocycles. The maximum Gasteiger partial charge on any atom is 0.160 e. The Morgan fingerprint density at radius 1 is 1.48 bits per heavy atom. The topological polar surface area (TPSA) is 39.9 Å². The Morgan fingerprint density at radius 2 is 2.24 bits per heavy atom. The minimum atomic E-state index is 0.0654. The van der Waals surface area contributed by atoms with Crippen LogP contribution in [0.5, 0.6) is 0 Å². The molecule has 4 nitrogen and oxygen atoms in total. The molecule has 1 aliphatic rings. The average Bonchev–Trinajstić information content (AvgIpc) is 2.82. The number of nitrogens with zero attached hydrogens (tertiary/aromatic N) is 3. The van der Waals surface area contributed by atoms with Crippen LogP contribution in [0, 0.1) is 12.3 Å². The van der Waals surface area contributed by atoms with Gasteiger partial charge in [0, 0.05) is 24.3 Å². The molecule has 0 aromatic carbocycles. The summed E-state index contributed by atoms with van der Waals surface area (Å²) in [5.74, 6) is 1.31. The molecule has 2 aromatic rings. The number of hydrogen-bond acceptors (Lipinski definition) is 3. The summed E-state index contributed by atoms with van der Waals surface area (Å²) in [5, 5.41) is 0. The lowest BCUT2D eigenvalue weighted by molar-refractivity contribution is -0.127. The van der Waals surface area contributed by atoms with Crippen LogP contribution in [0.3, 0.4) is 0 Å². The zero-order valence-electron chi connectivity index (χ0n) is 13.1. The van der Waals surface area contributed by atoms with Crippen molar-refractivity contribution in [1.82, 2.24) is 14.5 Å². The Kier molecular flexibility index (Phi) is 3.70. The van der Waals surface area contributed by atoms with Crippen LogP contribution in [0.2, 0.25) is 0 Å². The number of rotatable bonds is 4. The number of hydrogen-bond donors (Lipinski definition) is 0. The monoisotopic (exact) mass is 307 g/mol. The lowest BCUT2D eigenvalue weighted by Crippen LogP contribution is -2.51. The fourth-order valence-electron chi connectivity index (χ4n) is 3.36. The van der Waals surface area contributed by atoms with Gasteiger partial charge in [0.15, 0.2) is 5.65 Å². The predicted octanol–water partition coefficient (Wildman–Crippen LogP) is 3.85. The first-order valence-electron chi connectivity index (χ1n) is 7.50. The summed E-state index contributed by atoms with van der Waals surface area (Å²) < 4.78 is 8.07. The van der Waals surface area contributed by atoms with Crippen LogP contribution in [0.1, 0.15) is 44.6 Å². The smallest absolute Gasteiger partial charge is 0.160 e. The molecule has 0 aliphatic heterocycles. The Bertz CT molecular complexity index is 665. The summed E-state index contributed by atoms with van der Waals surface area (Å²) in [4.78, 5) is 9.25. The summed E-state index contributed by atoms with van der Waals surface area (Å²) in [6.07, 6.45) is 3.13. The highest BCUT2D eigenvalue weighted by Gasteiger charge is 2.51. The van der Waals surface area contributed by atoms with Crippen molar-refractivity contribution in [3.63, 3.8) is 0 Å². The van der Waals surface area contributed by atoms with Gasteiger partial charge in [-0.2, -0.15) is 0 Å². The van der Waals surface area contributed by atoms with Gasteiger partial charge in [0.05, 0.1) is 12.0 Å². The minimum absolute atomic E-state index is 0.0654. The molecule has 1 aliphatic carbocycles. The number of aromatic nitrogens is 3. The van der Waals surface area contributed by atoms with Crippen molar-refractivity contribution in [2.45, 2.75) is 52.1 Å². The van der Waals surface area contributed by atoms with Crippen LogP contribution in [0.4, 0.5) is 0 Å². The van der Waals surface area contributed by atoms with E-state index in [0.717, 1.165) is 35.6 Å². The van der Waals surface area contributed by atoms with Gasteiger partial charge in [-0.25, -0.2) is 9.97 Å². The first-order chi connectivity index (χ1) is 10.0. The molecule has 2 heterocycles. The lowest BCUT2D eigenvalue weighted by atomic mass is 9.64. The first-order valence-corrected chi connectivity index (χ1v) is 8.04. The third-order valence-corrected chi connectivity index (χ3v) is 5.02. The minimum Gasteiger partial charge on any atom is -0.378 e. The molecule has 0 bridgehead atoms. The van der Waals surface area contributed by atoms with E-state index in [0.29, 0.717) is 11.9 Å². The van der Waals surface area contributed by atoms with Crippen LogP contribution in [0.15, 0.2) is 12.3 Å². The van der Waals surface area contributed by atoms with E-state index in [9.17, 15) is 0 Å². The van der Waals surface area contributed by atoms with Crippen molar-refractivity contribution in [2.24, 2.45) is 5.41 Å². The molecule has 5 heteroatoms. The van der Waals surface area contributed by atoms with Gasteiger partial charge in [-0.15, -0.1) is 11.6 Å². The largest absolute Gasteiger partial charge is 0.378 e. The highest BCUT2D eigenvalue weighted by Crippen LogP contribution is 2.52. The van der Waals surface area contributed by atoms with Gasteiger partial charge in [0.1, 0.15) is 11.3 Å². The van der Waals surface area contributed by atoms with Gasteiger partial charge >= 0.3 is 0 Å². The molecule has 2 unspecified atom stereocenters. The second-order valence-corrected chi connectivity index (χ2v) is 6.62. The molecular weight excluding hydrogens is 286 g/mol. The maximum absolute atomic E-state index is 6.13. The van der Waals surface area contributed by atoms with Gasteiger partial charge in [-0.05, 0) is 31.9 Å². The highest BCUT2D eigenvalue weighted by molar-refractivity contribution is 6.16. The van der Waals surface area contributed by atoms with E-state index in [4.69, 9.17) is 21.3 Å². The van der Waals surface area contributed by atoms with Crippen LogP contribution in [0.25, 0.3) is 11.2 Å². The molecule has 21 heavy (non-hydrogen) atoms. The van der Waals surface area contributed by atoms with Crippen molar-refractivity contribution in [2.75, 3.05) is 6.61 Å². The Hall–Kier alpha value is -1.13. The number of imidazole rings is 1. The van der Waals surface area contributed by atoms with Gasteiger partial charge in [0.2, 0.25) is 0 Å². The van der Waals surface area contributed by atoms with Gasteiger partial charge in [-0.1, -0.05) is 13.8 Å². The molecule has 0 amide bonds. The molecule has 114 valence electrons. The number of aryl methyl sites for hydroxylation is 1. The second-order valence-electron chi connectivity index (χ2n) is 6.35. The number of fused-ring (bicyclic) bond motifs is 1. The Balaban J connectivity index is 2.07. The molecular formula is C16H22ClN3O. The van der Waals surface area contributed by atoms with Crippen molar-refractivity contribution in [3.8, 4) is 0 Å². The van der Waals surface area contributed by atoms with Crippen molar-refractivity contribution >= 4 is 22.8 Å². The molecule has 0 saturated heterocycles. The van der Waals surface area contributed by atoms with Crippen molar-refractivity contribution < 1.29 is 4.74 Å². The normalized spacial score (nSPS) is 24.2. The van der Waals surface area contributed by atoms with Crippen LogP contribution >= 0.6 is 11.6 Å².